The van der Waals surface area contributed by atoms with E-state index in [1.165, 1.54) is 31.2 Å². The van der Waals surface area contributed by atoms with Crippen LogP contribution in [0.3, 0.4) is 0 Å². The van der Waals surface area contributed by atoms with Crippen LogP contribution in [0.4, 0.5) is 24.5 Å². The quantitative estimate of drug-likeness (QED) is 0.668. The first-order valence-electron chi connectivity index (χ1n) is 6.57. The van der Waals surface area contributed by atoms with Crippen LogP contribution >= 0.6 is 0 Å². The van der Waals surface area contributed by atoms with Gasteiger partial charge in [0, 0.05) is 16.8 Å². The summed E-state index contributed by atoms with van der Waals surface area (Å²) in [5.74, 6) is -1.07. The molecule has 0 fully saturated rings. The summed E-state index contributed by atoms with van der Waals surface area (Å²) >= 11 is 0. The van der Waals surface area contributed by atoms with E-state index in [0.29, 0.717) is 5.69 Å². The highest BCUT2D eigenvalue weighted by atomic mass is 19.4. The molecule has 0 bridgehead atoms. The molecule has 0 saturated carbocycles. The monoisotopic (exact) mass is 322 g/mol. The summed E-state index contributed by atoms with van der Waals surface area (Å²) in [4.78, 5) is 23.7. The van der Waals surface area contributed by atoms with Crippen molar-refractivity contribution in [2.45, 2.75) is 13.1 Å². The second kappa shape index (κ2) is 6.12. The summed E-state index contributed by atoms with van der Waals surface area (Å²) in [5, 5.41) is 2.43. The highest BCUT2D eigenvalue weighted by Crippen LogP contribution is 2.30. The maximum absolute atomic E-state index is 12.7. The van der Waals surface area contributed by atoms with E-state index < -0.39 is 17.6 Å². The average Bonchev–Trinajstić information content (AvgIpc) is 2.48. The Bertz CT molecular complexity index is 770. The van der Waals surface area contributed by atoms with Gasteiger partial charge in [-0.15, -0.1) is 0 Å². The van der Waals surface area contributed by atoms with Crippen molar-refractivity contribution in [3.63, 3.8) is 0 Å². The van der Waals surface area contributed by atoms with Crippen LogP contribution in [0, 0.1) is 0 Å². The molecule has 0 aliphatic heterocycles. The van der Waals surface area contributed by atoms with Crippen LogP contribution < -0.4 is 11.1 Å². The summed E-state index contributed by atoms with van der Waals surface area (Å²) in [6, 6.07) is 8.33. The number of carbonyl (C=O) groups excluding carboxylic acids is 2. The molecule has 2 aromatic rings. The first-order chi connectivity index (χ1) is 10.7. The predicted molar refractivity (Wildman–Crippen MR) is 80.3 cm³/mol. The van der Waals surface area contributed by atoms with Gasteiger partial charge in [-0.2, -0.15) is 13.2 Å². The third-order valence-electron chi connectivity index (χ3n) is 3.12. The van der Waals surface area contributed by atoms with Crippen molar-refractivity contribution in [3.05, 3.63) is 59.2 Å². The van der Waals surface area contributed by atoms with E-state index in [0.717, 1.165) is 18.2 Å². The number of carbonyl (C=O) groups is 2. The number of rotatable bonds is 3. The van der Waals surface area contributed by atoms with Crippen LogP contribution in [0.15, 0.2) is 42.5 Å². The third kappa shape index (κ3) is 3.88. The Kier molecular flexibility index (Phi) is 4.40. The molecule has 1 amide bonds. The van der Waals surface area contributed by atoms with Crippen LogP contribution in [0.2, 0.25) is 0 Å². The van der Waals surface area contributed by atoms with Crippen molar-refractivity contribution >= 4 is 23.1 Å². The average molecular weight is 322 g/mol. The van der Waals surface area contributed by atoms with Gasteiger partial charge in [-0.05, 0) is 43.3 Å². The smallest absolute Gasteiger partial charge is 0.399 e. The number of nitrogens with two attached hydrogens (primary N) is 1. The van der Waals surface area contributed by atoms with Crippen molar-refractivity contribution in [1.29, 1.82) is 0 Å². The summed E-state index contributed by atoms with van der Waals surface area (Å²) in [7, 11) is 0. The van der Waals surface area contributed by atoms with E-state index in [-0.39, 0.29) is 22.6 Å². The molecule has 0 radical (unpaired) electrons. The van der Waals surface area contributed by atoms with Gasteiger partial charge < -0.3 is 11.1 Å². The molecule has 0 saturated heterocycles. The number of hydrogen-bond donors (Lipinski definition) is 2. The van der Waals surface area contributed by atoms with Gasteiger partial charge in [-0.25, -0.2) is 0 Å². The number of Topliss-reactive ketones (excluding diaryl/α,β-unsaturated/α-hetero) is 1. The SMILES string of the molecule is CC(=O)c1cc(N)ccc1NC(=O)c1cccc(C(F)(F)F)c1. The highest BCUT2D eigenvalue weighted by molar-refractivity contribution is 6.09. The number of alkyl halides is 3. The van der Waals surface area contributed by atoms with Crippen molar-refractivity contribution in [3.8, 4) is 0 Å². The Labute approximate surface area is 130 Å². The number of halogens is 3. The summed E-state index contributed by atoms with van der Waals surface area (Å²) in [6.07, 6.45) is -4.54. The van der Waals surface area contributed by atoms with Gasteiger partial charge in [0.2, 0.25) is 0 Å². The molecule has 2 aromatic carbocycles. The first-order valence-corrected chi connectivity index (χ1v) is 6.57. The van der Waals surface area contributed by atoms with Gasteiger partial charge in [0.1, 0.15) is 0 Å². The second-order valence-corrected chi connectivity index (χ2v) is 4.89. The predicted octanol–water partition coefficient (Wildman–Crippen LogP) is 3.74. The topological polar surface area (TPSA) is 72.2 Å². The molecule has 0 unspecified atom stereocenters. The fraction of sp³-hybridized carbons (Fsp3) is 0.125. The summed E-state index contributed by atoms with van der Waals surface area (Å²) in [6.45, 7) is 1.30. The van der Waals surface area contributed by atoms with Crippen LogP contribution in [0.5, 0.6) is 0 Å². The van der Waals surface area contributed by atoms with Gasteiger partial charge in [-0.3, -0.25) is 9.59 Å². The lowest BCUT2D eigenvalue weighted by Gasteiger charge is -2.11. The largest absolute Gasteiger partial charge is 0.416 e. The van der Waals surface area contributed by atoms with E-state index in [9.17, 15) is 22.8 Å². The summed E-state index contributed by atoms with van der Waals surface area (Å²) in [5.41, 5.74) is 5.22. The molecule has 0 aromatic heterocycles. The first kappa shape index (κ1) is 16.5. The Morgan fingerprint density at radius 3 is 2.39 bits per heavy atom. The Morgan fingerprint density at radius 2 is 1.78 bits per heavy atom. The zero-order valence-corrected chi connectivity index (χ0v) is 12.1. The zero-order valence-electron chi connectivity index (χ0n) is 12.1. The molecule has 7 heteroatoms. The number of nitrogen functional groups attached to an aromatic ring is 1. The van der Waals surface area contributed by atoms with E-state index in [4.69, 9.17) is 5.73 Å². The molecule has 0 aliphatic carbocycles. The lowest BCUT2D eigenvalue weighted by atomic mass is 10.1. The number of nitrogens with one attached hydrogen (secondary N) is 1. The molecular weight excluding hydrogens is 309 g/mol. The molecule has 4 nitrogen and oxygen atoms in total. The minimum Gasteiger partial charge on any atom is -0.399 e. The molecule has 23 heavy (non-hydrogen) atoms. The molecule has 0 spiro atoms. The molecule has 2 rings (SSSR count). The Morgan fingerprint density at radius 1 is 1.09 bits per heavy atom. The third-order valence-corrected chi connectivity index (χ3v) is 3.12. The maximum Gasteiger partial charge on any atom is 0.416 e. The molecule has 0 atom stereocenters. The fourth-order valence-corrected chi connectivity index (χ4v) is 1.99. The maximum atomic E-state index is 12.7. The number of amides is 1. The minimum absolute atomic E-state index is 0.161. The van der Waals surface area contributed by atoms with E-state index in [1.807, 2.05) is 0 Å². The molecule has 120 valence electrons. The van der Waals surface area contributed by atoms with E-state index in [1.54, 1.807) is 0 Å². The van der Waals surface area contributed by atoms with Gasteiger partial charge in [0.15, 0.2) is 5.78 Å². The molecule has 0 heterocycles. The van der Waals surface area contributed by atoms with E-state index in [2.05, 4.69) is 5.32 Å². The van der Waals surface area contributed by atoms with Gasteiger partial charge >= 0.3 is 6.18 Å². The van der Waals surface area contributed by atoms with E-state index >= 15 is 0 Å². The number of benzene rings is 2. The van der Waals surface area contributed by atoms with Crippen LogP contribution in [-0.4, -0.2) is 11.7 Å². The Balaban J connectivity index is 2.32. The van der Waals surface area contributed by atoms with Gasteiger partial charge in [0.05, 0.1) is 11.3 Å². The number of anilines is 2. The van der Waals surface area contributed by atoms with Crippen molar-refractivity contribution in [2.75, 3.05) is 11.1 Å². The molecule has 3 N–H and O–H groups in total. The van der Waals surface area contributed by atoms with Gasteiger partial charge in [-0.1, -0.05) is 6.07 Å². The van der Waals surface area contributed by atoms with Crippen LogP contribution in [0.1, 0.15) is 33.2 Å². The highest BCUT2D eigenvalue weighted by Gasteiger charge is 2.30. The second-order valence-electron chi connectivity index (χ2n) is 4.89. The van der Waals surface area contributed by atoms with Crippen molar-refractivity contribution in [1.82, 2.24) is 0 Å². The van der Waals surface area contributed by atoms with Gasteiger partial charge in [0.25, 0.3) is 5.91 Å². The standard InChI is InChI=1S/C16H13F3N2O2/c1-9(22)13-8-12(20)5-6-14(13)21-15(23)10-3-2-4-11(7-10)16(17,18)19/h2-8H,20H2,1H3,(H,21,23). The van der Waals surface area contributed by atoms with Crippen molar-refractivity contribution < 1.29 is 22.8 Å². The lowest BCUT2D eigenvalue weighted by molar-refractivity contribution is -0.137. The zero-order chi connectivity index (χ0) is 17.2. The van der Waals surface area contributed by atoms with Crippen LogP contribution in [-0.2, 0) is 6.18 Å². The van der Waals surface area contributed by atoms with Crippen molar-refractivity contribution in [2.24, 2.45) is 0 Å². The lowest BCUT2D eigenvalue weighted by Crippen LogP contribution is -2.16. The Hall–Kier alpha value is -2.83. The van der Waals surface area contributed by atoms with Crippen LogP contribution in [0.25, 0.3) is 0 Å². The number of hydrogen-bond acceptors (Lipinski definition) is 3. The summed E-state index contributed by atoms with van der Waals surface area (Å²) < 4.78 is 38.0. The normalized spacial score (nSPS) is 11.1. The minimum atomic E-state index is -4.54. The molecular formula is C16H13F3N2O2. The fourth-order valence-electron chi connectivity index (χ4n) is 1.99. The number of ketones is 1. The molecule has 0 aliphatic rings.